The zero-order valence-corrected chi connectivity index (χ0v) is 19.9. The molecular weight excluding hydrogens is 473 g/mol. The van der Waals surface area contributed by atoms with Crippen molar-refractivity contribution in [2.45, 2.75) is 18.1 Å². The fraction of sp³-hybridized carbons (Fsp3) is 0.238. The van der Waals surface area contributed by atoms with Gasteiger partial charge in [0.15, 0.2) is 11.0 Å². The van der Waals surface area contributed by atoms with Crippen molar-refractivity contribution in [3.63, 3.8) is 0 Å². The molecule has 8 nitrogen and oxygen atoms in total. The van der Waals surface area contributed by atoms with Crippen LogP contribution in [0.2, 0.25) is 10.0 Å². The summed E-state index contributed by atoms with van der Waals surface area (Å²) in [6.07, 6.45) is 0. The van der Waals surface area contributed by atoms with E-state index in [9.17, 15) is 9.59 Å². The molecule has 0 unspecified atom stereocenters. The van der Waals surface area contributed by atoms with Crippen molar-refractivity contribution >= 4 is 52.5 Å². The van der Waals surface area contributed by atoms with Gasteiger partial charge in [-0.05, 0) is 37.3 Å². The number of hydrogen-bond acceptors (Lipinski definition) is 6. The fourth-order valence-electron chi connectivity index (χ4n) is 2.87. The minimum Gasteiger partial charge on any atom is -0.497 e. The van der Waals surface area contributed by atoms with Crippen LogP contribution < -0.4 is 15.4 Å². The van der Waals surface area contributed by atoms with Crippen molar-refractivity contribution in [2.24, 2.45) is 7.05 Å². The Morgan fingerprint density at radius 3 is 2.69 bits per heavy atom. The number of ether oxygens (including phenoxy) is 1. The van der Waals surface area contributed by atoms with Gasteiger partial charge in [0.1, 0.15) is 5.75 Å². The second kappa shape index (κ2) is 10.7. The molecule has 0 aliphatic heterocycles. The molecule has 1 atom stereocenters. The summed E-state index contributed by atoms with van der Waals surface area (Å²) in [5, 5.41) is 15.2. The first kappa shape index (κ1) is 23.9. The quantitative estimate of drug-likeness (QED) is 0.452. The number of carbonyl (C=O) groups is 2. The third-order valence-electron chi connectivity index (χ3n) is 4.47. The molecule has 0 saturated carbocycles. The highest BCUT2D eigenvalue weighted by Gasteiger charge is 2.20. The number of benzene rings is 2. The smallest absolute Gasteiger partial charge is 0.253 e. The maximum Gasteiger partial charge on any atom is 0.253 e. The van der Waals surface area contributed by atoms with Crippen LogP contribution in [0.1, 0.15) is 29.1 Å². The predicted octanol–water partition coefficient (Wildman–Crippen LogP) is 4.35. The topological polar surface area (TPSA) is 98.1 Å². The molecule has 2 aromatic carbocycles. The summed E-state index contributed by atoms with van der Waals surface area (Å²) >= 11 is 13.2. The lowest BCUT2D eigenvalue weighted by Crippen LogP contribution is -2.28. The van der Waals surface area contributed by atoms with Gasteiger partial charge in [-0.1, -0.05) is 41.0 Å². The van der Waals surface area contributed by atoms with E-state index in [0.29, 0.717) is 33.0 Å². The minimum absolute atomic E-state index is 0.143. The van der Waals surface area contributed by atoms with Crippen LogP contribution in [0.4, 0.5) is 5.69 Å². The van der Waals surface area contributed by atoms with Gasteiger partial charge in [0.25, 0.3) is 5.91 Å². The molecular formula is C21H21Cl2N5O3S. The minimum atomic E-state index is -0.438. The molecule has 0 bridgehead atoms. The second-order valence-corrected chi connectivity index (χ2v) is 8.57. The monoisotopic (exact) mass is 493 g/mol. The van der Waals surface area contributed by atoms with Crippen LogP contribution in [0.15, 0.2) is 47.6 Å². The van der Waals surface area contributed by atoms with Crippen LogP contribution in [-0.2, 0) is 11.8 Å². The standard InChI is InChI=1S/C21H21Cl2N5O3S/c1-12(24-20(30)16-8-7-13(22)9-17(16)23)19-26-27-21(28(19)2)32-11-18(29)25-14-5-4-6-15(10-14)31-3/h4-10,12H,11H2,1-3H3,(H,24,30)(H,25,29)/t12-/m1/s1. The molecule has 0 aliphatic carbocycles. The zero-order valence-electron chi connectivity index (χ0n) is 17.6. The molecule has 1 heterocycles. The molecule has 3 aromatic rings. The van der Waals surface area contributed by atoms with Gasteiger partial charge in [0.2, 0.25) is 5.91 Å². The van der Waals surface area contributed by atoms with Gasteiger partial charge in [-0.2, -0.15) is 0 Å². The first-order valence-corrected chi connectivity index (χ1v) is 11.2. The van der Waals surface area contributed by atoms with E-state index in [2.05, 4.69) is 20.8 Å². The number of halogens is 2. The first-order chi connectivity index (χ1) is 15.3. The van der Waals surface area contributed by atoms with Crippen molar-refractivity contribution < 1.29 is 14.3 Å². The van der Waals surface area contributed by atoms with Gasteiger partial charge in [0.05, 0.1) is 29.5 Å². The summed E-state index contributed by atoms with van der Waals surface area (Å²) in [5.74, 6) is 0.800. The lowest BCUT2D eigenvalue weighted by atomic mass is 10.2. The second-order valence-electron chi connectivity index (χ2n) is 6.79. The predicted molar refractivity (Wildman–Crippen MR) is 126 cm³/mol. The number of methoxy groups -OCH3 is 1. The molecule has 0 aliphatic rings. The van der Waals surface area contributed by atoms with Crippen molar-refractivity contribution in [2.75, 3.05) is 18.2 Å². The highest BCUT2D eigenvalue weighted by atomic mass is 35.5. The molecule has 0 radical (unpaired) electrons. The highest BCUT2D eigenvalue weighted by molar-refractivity contribution is 7.99. The zero-order chi connectivity index (χ0) is 23.3. The SMILES string of the molecule is COc1cccc(NC(=O)CSc2nnc([C@@H](C)NC(=O)c3ccc(Cl)cc3Cl)n2C)c1. The van der Waals surface area contributed by atoms with E-state index < -0.39 is 6.04 Å². The Hall–Kier alpha value is -2.75. The summed E-state index contributed by atoms with van der Waals surface area (Å²) < 4.78 is 6.89. The number of nitrogens with zero attached hydrogens (tertiary/aromatic N) is 3. The fourth-order valence-corrected chi connectivity index (χ4v) is 4.08. The number of carbonyl (C=O) groups excluding carboxylic acids is 2. The molecule has 11 heteroatoms. The van der Waals surface area contributed by atoms with Crippen molar-refractivity contribution in [3.05, 3.63) is 63.9 Å². The Morgan fingerprint density at radius 2 is 1.97 bits per heavy atom. The van der Waals surface area contributed by atoms with Crippen molar-refractivity contribution in [1.82, 2.24) is 20.1 Å². The number of amides is 2. The van der Waals surface area contributed by atoms with Gasteiger partial charge in [0, 0.05) is 23.8 Å². The van der Waals surface area contributed by atoms with Gasteiger partial charge < -0.3 is 19.9 Å². The number of aromatic nitrogens is 3. The molecule has 0 spiro atoms. The normalized spacial score (nSPS) is 11.7. The van der Waals surface area contributed by atoms with Crippen LogP contribution in [0.25, 0.3) is 0 Å². The van der Waals surface area contributed by atoms with E-state index in [1.165, 1.54) is 17.8 Å². The molecule has 32 heavy (non-hydrogen) atoms. The third kappa shape index (κ3) is 5.93. The average Bonchev–Trinajstić information content (AvgIpc) is 3.12. The van der Waals surface area contributed by atoms with Crippen molar-refractivity contribution in [1.29, 1.82) is 0 Å². The average molecular weight is 494 g/mol. The van der Waals surface area contributed by atoms with Crippen LogP contribution in [0.5, 0.6) is 5.75 Å². The number of hydrogen-bond donors (Lipinski definition) is 2. The molecule has 2 amide bonds. The van der Waals surface area contributed by atoms with Crippen molar-refractivity contribution in [3.8, 4) is 5.75 Å². The number of anilines is 1. The lowest BCUT2D eigenvalue weighted by Gasteiger charge is -2.14. The molecule has 2 N–H and O–H groups in total. The maximum atomic E-state index is 12.5. The van der Waals surface area contributed by atoms with Crippen LogP contribution in [0.3, 0.4) is 0 Å². The summed E-state index contributed by atoms with van der Waals surface area (Å²) in [4.78, 5) is 24.8. The first-order valence-electron chi connectivity index (χ1n) is 9.50. The van der Waals surface area contributed by atoms with Gasteiger partial charge >= 0.3 is 0 Å². The van der Waals surface area contributed by atoms with Crippen LogP contribution in [-0.4, -0.2) is 39.4 Å². The summed E-state index contributed by atoms with van der Waals surface area (Å²) in [7, 11) is 3.34. The summed E-state index contributed by atoms with van der Waals surface area (Å²) in [5.41, 5.74) is 0.958. The van der Waals surface area contributed by atoms with E-state index in [-0.39, 0.29) is 22.6 Å². The Kier molecular flexibility index (Phi) is 8.00. The number of thioether (sulfide) groups is 1. The maximum absolute atomic E-state index is 12.5. The molecule has 0 fully saturated rings. The Bertz CT molecular complexity index is 1140. The van der Waals surface area contributed by atoms with Gasteiger partial charge in [-0.25, -0.2) is 0 Å². The molecule has 3 rings (SSSR count). The van der Waals surface area contributed by atoms with E-state index in [1.807, 2.05) is 0 Å². The number of rotatable bonds is 8. The van der Waals surface area contributed by atoms with Gasteiger partial charge in [-0.15, -0.1) is 10.2 Å². The van der Waals surface area contributed by atoms with E-state index in [0.717, 1.165) is 0 Å². The van der Waals surface area contributed by atoms with Crippen LogP contribution >= 0.6 is 35.0 Å². The Labute approximate surface area is 199 Å². The molecule has 1 aromatic heterocycles. The lowest BCUT2D eigenvalue weighted by molar-refractivity contribution is -0.113. The van der Waals surface area contributed by atoms with Gasteiger partial charge in [-0.3, -0.25) is 9.59 Å². The largest absolute Gasteiger partial charge is 0.497 e. The highest BCUT2D eigenvalue weighted by Crippen LogP contribution is 2.23. The van der Waals surface area contributed by atoms with Crippen LogP contribution in [0, 0.1) is 0 Å². The molecule has 168 valence electrons. The Balaban J connectivity index is 1.59. The van der Waals surface area contributed by atoms with E-state index >= 15 is 0 Å². The third-order valence-corrected chi connectivity index (χ3v) is 6.03. The molecule has 0 saturated heterocycles. The number of nitrogens with one attached hydrogen (secondary N) is 2. The van der Waals surface area contributed by atoms with E-state index in [1.54, 1.807) is 62.0 Å². The Morgan fingerprint density at radius 1 is 1.19 bits per heavy atom. The summed E-state index contributed by atoms with van der Waals surface area (Å²) in [6.45, 7) is 1.79. The van der Waals surface area contributed by atoms with E-state index in [4.69, 9.17) is 27.9 Å². The summed E-state index contributed by atoms with van der Waals surface area (Å²) in [6, 6.07) is 11.3.